The van der Waals surface area contributed by atoms with Gasteiger partial charge in [0.1, 0.15) is 5.82 Å². The SMILES string of the molecule is CC1N(c2cc(C(F)(F)F)ccn2)CCC12CCNCC2.Cl. The summed E-state index contributed by atoms with van der Waals surface area (Å²) in [4.78, 5) is 6.22. The van der Waals surface area contributed by atoms with Gasteiger partial charge in [0.15, 0.2) is 0 Å². The van der Waals surface area contributed by atoms with Gasteiger partial charge in [0.05, 0.1) is 5.56 Å². The van der Waals surface area contributed by atoms with E-state index in [9.17, 15) is 13.2 Å². The highest BCUT2D eigenvalue weighted by Crippen LogP contribution is 2.45. The van der Waals surface area contributed by atoms with E-state index in [0.717, 1.165) is 45.0 Å². The molecule has 22 heavy (non-hydrogen) atoms. The summed E-state index contributed by atoms with van der Waals surface area (Å²) in [5, 5.41) is 3.36. The Hall–Kier alpha value is -1.01. The van der Waals surface area contributed by atoms with E-state index >= 15 is 0 Å². The first kappa shape index (κ1) is 17.3. The van der Waals surface area contributed by atoms with Crippen molar-refractivity contribution in [2.75, 3.05) is 24.5 Å². The van der Waals surface area contributed by atoms with E-state index in [1.165, 1.54) is 12.3 Å². The van der Waals surface area contributed by atoms with E-state index in [-0.39, 0.29) is 23.9 Å². The molecule has 3 rings (SSSR count). The minimum Gasteiger partial charge on any atom is -0.353 e. The molecule has 0 aliphatic carbocycles. The number of piperidine rings is 1. The zero-order valence-electron chi connectivity index (χ0n) is 12.5. The third-order valence-corrected chi connectivity index (χ3v) is 5.17. The van der Waals surface area contributed by atoms with Gasteiger partial charge in [-0.2, -0.15) is 13.2 Å². The third-order valence-electron chi connectivity index (χ3n) is 5.17. The van der Waals surface area contributed by atoms with Crippen LogP contribution in [-0.2, 0) is 6.18 Å². The van der Waals surface area contributed by atoms with Gasteiger partial charge in [-0.15, -0.1) is 12.4 Å². The standard InChI is InChI=1S/C15H20F3N3.ClH/c1-11-14(3-7-19-8-4-14)5-9-21(11)13-10-12(2-6-20-13)15(16,17)18;/h2,6,10-11,19H,3-5,7-9H2,1H3;1H. The largest absolute Gasteiger partial charge is 0.416 e. The lowest BCUT2D eigenvalue weighted by atomic mass is 9.73. The first-order valence-corrected chi connectivity index (χ1v) is 7.43. The van der Waals surface area contributed by atoms with Crippen molar-refractivity contribution in [1.82, 2.24) is 10.3 Å². The molecule has 1 aromatic heterocycles. The van der Waals surface area contributed by atoms with Crippen molar-refractivity contribution < 1.29 is 13.2 Å². The minimum atomic E-state index is -4.31. The second-order valence-electron chi connectivity index (χ2n) is 6.13. The molecule has 1 aromatic rings. The molecule has 1 unspecified atom stereocenters. The van der Waals surface area contributed by atoms with Crippen molar-refractivity contribution in [3.05, 3.63) is 23.9 Å². The molecule has 0 amide bonds. The van der Waals surface area contributed by atoms with Gasteiger partial charge in [-0.3, -0.25) is 0 Å². The van der Waals surface area contributed by atoms with E-state index in [1.54, 1.807) is 0 Å². The second kappa shape index (κ2) is 6.24. The molecule has 0 bridgehead atoms. The zero-order valence-corrected chi connectivity index (χ0v) is 13.3. The van der Waals surface area contributed by atoms with Gasteiger partial charge in [0.25, 0.3) is 0 Å². The van der Waals surface area contributed by atoms with Gasteiger partial charge < -0.3 is 10.2 Å². The van der Waals surface area contributed by atoms with Crippen molar-refractivity contribution in [2.45, 2.75) is 38.4 Å². The Kier molecular flexibility index (Phi) is 4.92. The molecule has 1 spiro atoms. The average molecular weight is 336 g/mol. The average Bonchev–Trinajstić information content (AvgIpc) is 2.76. The zero-order chi connectivity index (χ0) is 15.1. The molecule has 1 atom stereocenters. The van der Waals surface area contributed by atoms with Crippen molar-refractivity contribution >= 4 is 18.2 Å². The van der Waals surface area contributed by atoms with Crippen molar-refractivity contribution in [3.63, 3.8) is 0 Å². The fourth-order valence-electron chi connectivity index (χ4n) is 3.73. The Bertz CT molecular complexity index is 515. The number of alkyl halides is 3. The maximum Gasteiger partial charge on any atom is 0.416 e. The predicted octanol–water partition coefficient (Wildman–Crippen LogP) is 3.49. The molecule has 2 fully saturated rings. The number of halogens is 4. The van der Waals surface area contributed by atoms with Crippen LogP contribution in [0.25, 0.3) is 0 Å². The molecule has 2 saturated heterocycles. The minimum absolute atomic E-state index is 0. The van der Waals surface area contributed by atoms with Crippen molar-refractivity contribution in [1.29, 1.82) is 0 Å². The quantitative estimate of drug-likeness (QED) is 0.851. The monoisotopic (exact) mass is 335 g/mol. The lowest BCUT2D eigenvalue weighted by molar-refractivity contribution is -0.137. The summed E-state index contributed by atoms with van der Waals surface area (Å²) in [5.74, 6) is 0.452. The molecule has 1 N–H and O–H groups in total. The van der Waals surface area contributed by atoms with Crippen LogP contribution in [0.15, 0.2) is 18.3 Å². The van der Waals surface area contributed by atoms with Crippen molar-refractivity contribution in [3.8, 4) is 0 Å². The maximum absolute atomic E-state index is 12.8. The van der Waals surface area contributed by atoms with Gasteiger partial charge in [-0.25, -0.2) is 4.98 Å². The number of nitrogens with zero attached hydrogens (tertiary/aromatic N) is 2. The van der Waals surface area contributed by atoms with Gasteiger partial charge in [-0.1, -0.05) is 0 Å². The van der Waals surface area contributed by atoms with E-state index < -0.39 is 11.7 Å². The molecule has 0 saturated carbocycles. The highest BCUT2D eigenvalue weighted by Gasteiger charge is 2.45. The smallest absolute Gasteiger partial charge is 0.353 e. The number of pyridine rings is 1. The Balaban J connectivity index is 0.00000176. The summed E-state index contributed by atoms with van der Waals surface area (Å²) in [7, 11) is 0. The molecular weight excluding hydrogens is 315 g/mol. The van der Waals surface area contributed by atoms with Crippen LogP contribution in [0, 0.1) is 5.41 Å². The van der Waals surface area contributed by atoms with Crippen LogP contribution in [0.3, 0.4) is 0 Å². The summed E-state index contributed by atoms with van der Waals surface area (Å²) < 4.78 is 38.5. The predicted molar refractivity (Wildman–Crippen MR) is 82.4 cm³/mol. The Morgan fingerprint density at radius 2 is 1.95 bits per heavy atom. The lowest BCUT2D eigenvalue weighted by Crippen LogP contribution is -2.44. The van der Waals surface area contributed by atoms with E-state index in [1.807, 2.05) is 4.90 Å². The lowest BCUT2D eigenvalue weighted by Gasteiger charge is -2.39. The van der Waals surface area contributed by atoms with Gasteiger partial charge >= 0.3 is 6.18 Å². The number of hydrogen-bond acceptors (Lipinski definition) is 3. The fourth-order valence-corrected chi connectivity index (χ4v) is 3.73. The first-order valence-electron chi connectivity index (χ1n) is 7.43. The summed E-state index contributed by atoms with van der Waals surface area (Å²) in [5.41, 5.74) is -0.396. The highest BCUT2D eigenvalue weighted by molar-refractivity contribution is 5.85. The van der Waals surface area contributed by atoms with Gasteiger partial charge in [0, 0.05) is 18.8 Å². The van der Waals surface area contributed by atoms with Crippen LogP contribution in [0.5, 0.6) is 0 Å². The van der Waals surface area contributed by atoms with Crippen LogP contribution in [0.1, 0.15) is 31.7 Å². The van der Waals surface area contributed by atoms with E-state index in [4.69, 9.17) is 0 Å². The highest BCUT2D eigenvalue weighted by atomic mass is 35.5. The molecule has 3 heterocycles. The van der Waals surface area contributed by atoms with Gasteiger partial charge in [0.2, 0.25) is 0 Å². The van der Waals surface area contributed by atoms with Crippen molar-refractivity contribution in [2.24, 2.45) is 5.41 Å². The maximum atomic E-state index is 12.8. The molecule has 7 heteroatoms. The Morgan fingerprint density at radius 3 is 2.59 bits per heavy atom. The fraction of sp³-hybridized carbons (Fsp3) is 0.667. The number of anilines is 1. The topological polar surface area (TPSA) is 28.2 Å². The molecule has 2 aliphatic heterocycles. The third kappa shape index (κ3) is 3.04. The Labute approximate surface area is 134 Å². The molecule has 124 valence electrons. The molecule has 2 aliphatic rings. The number of hydrogen-bond donors (Lipinski definition) is 1. The summed E-state index contributed by atoms with van der Waals surface area (Å²) in [6.45, 7) is 4.90. The van der Waals surface area contributed by atoms with Crippen LogP contribution in [0.4, 0.5) is 19.0 Å². The number of aromatic nitrogens is 1. The summed E-state index contributed by atoms with van der Waals surface area (Å²) in [6.07, 6.45) is 0.159. The molecular formula is C15H21ClF3N3. The van der Waals surface area contributed by atoms with Crippen LogP contribution in [-0.4, -0.2) is 30.7 Å². The van der Waals surface area contributed by atoms with Crippen LogP contribution >= 0.6 is 12.4 Å². The van der Waals surface area contributed by atoms with Gasteiger partial charge in [-0.05, 0) is 56.8 Å². The molecule has 0 radical (unpaired) electrons. The molecule has 0 aromatic carbocycles. The molecule has 3 nitrogen and oxygen atoms in total. The summed E-state index contributed by atoms with van der Waals surface area (Å²) in [6, 6.07) is 2.44. The number of rotatable bonds is 1. The summed E-state index contributed by atoms with van der Waals surface area (Å²) >= 11 is 0. The second-order valence-corrected chi connectivity index (χ2v) is 6.13. The Morgan fingerprint density at radius 1 is 1.27 bits per heavy atom. The number of nitrogens with one attached hydrogen (secondary N) is 1. The van der Waals surface area contributed by atoms with Crippen LogP contribution in [0.2, 0.25) is 0 Å². The normalized spacial score (nSPS) is 24.4. The van der Waals surface area contributed by atoms with E-state index in [0.29, 0.717) is 5.82 Å². The van der Waals surface area contributed by atoms with E-state index in [2.05, 4.69) is 17.2 Å². The van der Waals surface area contributed by atoms with Crippen LogP contribution < -0.4 is 10.2 Å². The first-order chi connectivity index (χ1) is 9.92.